The fourth-order valence-electron chi connectivity index (χ4n) is 5.46. The molecule has 6 rings (SSSR count). The van der Waals surface area contributed by atoms with Gasteiger partial charge in [-0.15, -0.1) is 0 Å². The smallest absolute Gasteiger partial charge is 0.290 e. The van der Waals surface area contributed by atoms with Crippen LogP contribution < -0.4 is 0 Å². The van der Waals surface area contributed by atoms with E-state index < -0.39 is 11.6 Å². The monoisotopic (exact) mass is 372 g/mol. The molecular formula is C21H22F2N2O2. The molecule has 4 saturated heterocycles. The van der Waals surface area contributed by atoms with Crippen LogP contribution >= 0.6 is 0 Å². The van der Waals surface area contributed by atoms with Crippen LogP contribution in [-0.2, 0) is 0 Å². The van der Waals surface area contributed by atoms with E-state index in [9.17, 15) is 13.6 Å². The minimum absolute atomic E-state index is 0.0252. The van der Waals surface area contributed by atoms with Crippen molar-refractivity contribution in [1.82, 2.24) is 9.80 Å². The molecule has 1 aromatic carbocycles. The van der Waals surface area contributed by atoms with Gasteiger partial charge in [-0.2, -0.15) is 0 Å². The van der Waals surface area contributed by atoms with Gasteiger partial charge in [-0.05, 0) is 56.5 Å². The molecule has 3 atom stereocenters. The zero-order valence-corrected chi connectivity index (χ0v) is 15.2. The van der Waals surface area contributed by atoms with E-state index in [4.69, 9.17) is 4.42 Å². The molecule has 6 heteroatoms. The number of hydrogen-bond acceptors (Lipinski definition) is 3. The van der Waals surface area contributed by atoms with Gasteiger partial charge in [0.2, 0.25) is 0 Å². The maximum Gasteiger partial charge on any atom is 0.290 e. The number of nitrogens with zero attached hydrogens (tertiary/aromatic N) is 2. The maximum absolute atomic E-state index is 14.6. The molecule has 2 aromatic rings. The average molecular weight is 372 g/mol. The van der Waals surface area contributed by atoms with Crippen LogP contribution in [0.25, 0.3) is 0 Å². The molecule has 4 aliphatic heterocycles. The first-order valence-corrected chi connectivity index (χ1v) is 9.59. The van der Waals surface area contributed by atoms with Gasteiger partial charge in [0.25, 0.3) is 5.91 Å². The van der Waals surface area contributed by atoms with E-state index in [1.807, 2.05) is 11.8 Å². The molecule has 4 fully saturated rings. The highest BCUT2D eigenvalue weighted by atomic mass is 19.2. The second-order valence-corrected chi connectivity index (χ2v) is 7.99. The fourth-order valence-corrected chi connectivity index (χ4v) is 5.46. The Labute approximate surface area is 156 Å². The number of fused-ring (bicyclic) bond motifs is 2. The van der Waals surface area contributed by atoms with E-state index in [-0.39, 0.29) is 23.9 Å². The topological polar surface area (TPSA) is 36.7 Å². The van der Waals surface area contributed by atoms with Crippen molar-refractivity contribution in [3.63, 3.8) is 0 Å². The van der Waals surface area contributed by atoms with Gasteiger partial charge in [-0.1, -0.05) is 12.1 Å². The van der Waals surface area contributed by atoms with Crippen LogP contribution in [0.4, 0.5) is 8.78 Å². The molecule has 5 heterocycles. The molecule has 27 heavy (non-hydrogen) atoms. The minimum atomic E-state index is -0.827. The molecule has 0 radical (unpaired) electrons. The van der Waals surface area contributed by atoms with Gasteiger partial charge in [-0.3, -0.25) is 9.69 Å². The van der Waals surface area contributed by atoms with Gasteiger partial charge in [0.15, 0.2) is 17.4 Å². The Bertz CT molecular complexity index is 888. The summed E-state index contributed by atoms with van der Waals surface area (Å²) in [6.07, 6.45) is 3.61. The highest BCUT2D eigenvalue weighted by molar-refractivity contribution is 5.93. The number of piperidine rings is 3. The first kappa shape index (κ1) is 16.9. The standard InChI is InChI=1S/C21H22F2N2O2/c1-12-7-10-27-20(12)21(26)25-11-15(14-3-2-4-16(22)17(14)23)19-18(25)13-5-8-24(19)9-6-13/h2-4,7,10,13,15,18-19H,5-6,8-9,11H2,1H3/t15-,18+,19+/m1/s1. The quantitative estimate of drug-likeness (QED) is 0.809. The summed E-state index contributed by atoms with van der Waals surface area (Å²) in [7, 11) is 0. The number of furan rings is 1. The summed E-state index contributed by atoms with van der Waals surface area (Å²) < 4.78 is 33.9. The molecule has 0 unspecified atom stereocenters. The third-order valence-electron chi connectivity index (χ3n) is 6.69. The third-order valence-corrected chi connectivity index (χ3v) is 6.69. The number of halogens is 2. The molecule has 0 aliphatic carbocycles. The van der Waals surface area contributed by atoms with Crippen LogP contribution in [0.3, 0.4) is 0 Å². The normalized spacial score (nSPS) is 32.0. The Balaban J connectivity index is 1.57. The van der Waals surface area contributed by atoms with Gasteiger partial charge in [-0.25, -0.2) is 8.78 Å². The van der Waals surface area contributed by atoms with E-state index in [0.29, 0.717) is 23.8 Å². The molecule has 4 aliphatic rings. The number of carbonyl (C=O) groups excluding carboxylic acids is 1. The number of aryl methyl sites for hydroxylation is 1. The van der Waals surface area contributed by atoms with Crippen molar-refractivity contribution in [2.45, 2.75) is 37.8 Å². The predicted octanol–water partition coefficient (Wildman–Crippen LogP) is 3.57. The Morgan fingerprint density at radius 3 is 2.63 bits per heavy atom. The van der Waals surface area contributed by atoms with Crippen LogP contribution in [0.15, 0.2) is 34.9 Å². The summed E-state index contributed by atoms with van der Waals surface area (Å²) in [5.41, 5.74) is 1.18. The lowest BCUT2D eigenvalue weighted by Crippen LogP contribution is -2.60. The second kappa shape index (κ2) is 6.16. The lowest BCUT2D eigenvalue weighted by Gasteiger charge is -2.51. The summed E-state index contributed by atoms with van der Waals surface area (Å²) in [5, 5.41) is 0. The highest BCUT2D eigenvalue weighted by Gasteiger charge is 2.55. The lowest BCUT2D eigenvalue weighted by molar-refractivity contribution is -0.00449. The van der Waals surface area contributed by atoms with Crippen molar-refractivity contribution in [3.05, 3.63) is 59.1 Å². The average Bonchev–Trinajstić information content (AvgIpc) is 3.30. The van der Waals surface area contributed by atoms with Gasteiger partial charge < -0.3 is 9.32 Å². The number of likely N-dealkylation sites (tertiary alicyclic amines) is 1. The Kier molecular flexibility index (Phi) is 3.86. The maximum atomic E-state index is 14.6. The SMILES string of the molecule is Cc1ccoc1C(=O)N1C[C@H](c2cccc(F)c2F)[C@H]2[C@@H]1C1CCN2CC1. The Morgan fingerprint density at radius 1 is 1.15 bits per heavy atom. The summed E-state index contributed by atoms with van der Waals surface area (Å²) in [4.78, 5) is 17.5. The summed E-state index contributed by atoms with van der Waals surface area (Å²) in [6.45, 7) is 4.16. The number of hydrogen-bond donors (Lipinski definition) is 0. The zero-order chi connectivity index (χ0) is 18.7. The lowest BCUT2D eigenvalue weighted by atomic mass is 9.75. The van der Waals surface area contributed by atoms with E-state index in [0.717, 1.165) is 37.6 Å². The predicted molar refractivity (Wildman–Crippen MR) is 95.5 cm³/mol. The number of rotatable bonds is 2. The van der Waals surface area contributed by atoms with Crippen molar-refractivity contribution in [3.8, 4) is 0 Å². The number of carbonyl (C=O) groups is 1. The van der Waals surface area contributed by atoms with Crippen molar-refractivity contribution >= 4 is 5.91 Å². The summed E-state index contributed by atoms with van der Waals surface area (Å²) >= 11 is 0. The first-order chi connectivity index (χ1) is 13.1. The van der Waals surface area contributed by atoms with Crippen LogP contribution in [0.1, 0.15) is 40.4 Å². The van der Waals surface area contributed by atoms with Crippen LogP contribution in [-0.4, -0.2) is 47.4 Å². The first-order valence-electron chi connectivity index (χ1n) is 9.59. The van der Waals surface area contributed by atoms with E-state index in [1.54, 1.807) is 18.2 Å². The Morgan fingerprint density at radius 2 is 1.93 bits per heavy atom. The van der Waals surface area contributed by atoms with Crippen molar-refractivity contribution in [2.24, 2.45) is 5.92 Å². The van der Waals surface area contributed by atoms with Crippen LogP contribution in [0.2, 0.25) is 0 Å². The van der Waals surface area contributed by atoms with E-state index >= 15 is 0 Å². The van der Waals surface area contributed by atoms with Crippen LogP contribution in [0.5, 0.6) is 0 Å². The minimum Gasteiger partial charge on any atom is -0.459 e. The fraction of sp³-hybridized carbons (Fsp3) is 0.476. The molecule has 1 amide bonds. The molecule has 0 N–H and O–H groups in total. The van der Waals surface area contributed by atoms with Gasteiger partial charge >= 0.3 is 0 Å². The summed E-state index contributed by atoms with van der Waals surface area (Å²) in [5.74, 6) is -1.22. The van der Waals surface area contributed by atoms with Crippen molar-refractivity contribution < 1.29 is 18.0 Å². The van der Waals surface area contributed by atoms with Gasteiger partial charge in [0.05, 0.1) is 12.3 Å². The molecular weight excluding hydrogens is 350 g/mol. The molecule has 2 bridgehead atoms. The third kappa shape index (κ3) is 2.46. The van der Waals surface area contributed by atoms with E-state index in [1.165, 1.54) is 6.26 Å². The number of amides is 1. The molecule has 142 valence electrons. The van der Waals surface area contributed by atoms with Crippen LogP contribution in [0, 0.1) is 24.5 Å². The molecule has 0 saturated carbocycles. The number of benzene rings is 1. The van der Waals surface area contributed by atoms with Crippen molar-refractivity contribution in [1.29, 1.82) is 0 Å². The Hall–Kier alpha value is -2.21. The molecule has 0 spiro atoms. The largest absolute Gasteiger partial charge is 0.459 e. The summed E-state index contributed by atoms with van der Waals surface area (Å²) in [6, 6.07) is 6.20. The second-order valence-electron chi connectivity index (χ2n) is 7.99. The van der Waals surface area contributed by atoms with Gasteiger partial charge in [0, 0.05) is 24.1 Å². The van der Waals surface area contributed by atoms with E-state index in [2.05, 4.69) is 4.90 Å². The zero-order valence-electron chi connectivity index (χ0n) is 15.2. The highest BCUT2D eigenvalue weighted by Crippen LogP contribution is 2.47. The van der Waals surface area contributed by atoms with Gasteiger partial charge in [0.1, 0.15) is 0 Å². The molecule has 4 nitrogen and oxygen atoms in total. The van der Waals surface area contributed by atoms with Crippen molar-refractivity contribution in [2.75, 3.05) is 19.6 Å². The molecule has 1 aromatic heterocycles.